The van der Waals surface area contributed by atoms with E-state index in [1.54, 1.807) is 17.0 Å². The lowest BCUT2D eigenvalue weighted by molar-refractivity contribution is 0.0987. The molecule has 0 aliphatic rings. The number of hydrogen-bond acceptors (Lipinski definition) is 2. The minimum atomic E-state index is -0.0261. The SMILES string of the molecule is CCN(C(=O)c1c(C)cccc1C)c1cc(O)ccc1C. The molecule has 1 N–H and O–H groups in total. The number of amides is 1. The van der Waals surface area contributed by atoms with Crippen molar-refractivity contribution in [3.8, 4) is 5.75 Å². The molecule has 0 aliphatic carbocycles. The van der Waals surface area contributed by atoms with Gasteiger partial charge >= 0.3 is 0 Å². The summed E-state index contributed by atoms with van der Waals surface area (Å²) in [5.41, 5.74) is 4.40. The topological polar surface area (TPSA) is 40.5 Å². The maximum absolute atomic E-state index is 12.9. The first kappa shape index (κ1) is 15.1. The summed E-state index contributed by atoms with van der Waals surface area (Å²) in [6.45, 7) is 8.33. The minimum absolute atomic E-state index is 0.0261. The van der Waals surface area contributed by atoms with Crippen LogP contribution in [0.2, 0.25) is 0 Å². The van der Waals surface area contributed by atoms with Crippen LogP contribution < -0.4 is 4.90 Å². The Balaban J connectivity index is 2.51. The molecule has 0 bridgehead atoms. The number of phenolic OH excluding ortho intramolecular Hbond substituents is 1. The average Bonchev–Trinajstić information content (AvgIpc) is 2.43. The maximum Gasteiger partial charge on any atom is 0.258 e. The van der Waals surface area contributed by atoms with Crippen molar-refractivity contribution in [2.75, 3.05) is 11.4 Å². The van der Waals surface area contributed by atoms with Crippen molar-refractivity contribution in [2.24, 2.45) is 0 Å². The Hall–Kier alpha value is -2.29. The highest BCUT2D eigenvalue weighted by Gasteiger charge is 2.21. The fourth-order valence-electron chi connectivity index (χ4n) is 2.60. The Morgan fingerprint density at radius 1 is 1.05 bits per heavy atom. The number of nitrogens with zero attached hydrogens (tertiary/aromatic N) is 1. The molecule has 0 saturated carbocycles. The second kappa shape index (κ2) is 6.00. The number of aryl methyl sites for hydroxylation is 3. The molecule has 0 aliphatic heterocycles. The number of carbonyl (C=O) groups is 1. The second-order valence-corrected chi connectivity index (χ2v) is 5.29. The molecule has 3 nitrogen and oxygen atoms in total. The van der Waals surface area contributed by atoms with Crippen LogP contribution in [0, 0.1) is 20.8 Å². The van der Waals surface area contributed by atoms with Gasteiger partial charge in [-0.05, 0) is 50.5 Å². The fraction of sp³-hybridized carbons (Fsp3) is 0.278. The Labute approximate surface area is 125 Å². The molecule has 2 rings (SSSR count). The molecule has 110 valence electrons. The van der Waals surface area contributed by atoms with Crippen LogP contribution in [-0.4, -0.2) is 17.6 Å². The molecule has 0 unspecified atom stereocenters. The van der Waals surface area contributed by atoms with Crippen molar-refractivity contribution >= 4 is 11.6 Å². The van der Waals surface area contributed by atoms with Gasteiger partial charge in [-0.25, -0.2) is 0 Å². The van der Waals surface area contributed by atoms with Crippen LogP contribution in [0.15, 0.2) is 36.4 Å². The van der Waals surface area contributed by atoms with Gasteiger partial charge in [-0.3, -0.25) is 4.79 Å². The first-order chi connectivity index (χ1) is 9.95. The molecule has 0 atom stereocenters. The normalized spacial score (nSPS) is 10.5. The summed E-state index contributed by atoms with van der Waals surface area (Å²) in [4.78, 5) is 14.6. The van der Waals surface area contributed by atoms with E-state index in [1.807, 2.05) is 52.0 Å². The van der Waals surface area contributed by atoms with Crippen molar-refractivity contribution in [1.82, 2.24) is 0 Å². The summed E-state index contributed by atoms with van der Waals surface area (Å²) in [7, 11) is 0. The Morgan fingerprint density at radius 3 is 2.24 bits per heavy atom. The third-order valence-electron chi connectivity index (χ3n) is 3.74. The summed E-state index contributed by atoms with van der Waals surface area (Å²) in [5, 5.41) is 9.71. The van der Waals surface area contributed by atoms with Gasteiger partial charge in [-0.15, -0.1) is 0 Å². The van der Waals surface area contributed by atoms with Gasteiger partial charge in [0.25, 0.3) is 5.91 Å². The second-order valence-electron chi connectivity index (χ2n) is 5.29. The number of benzene rings is 2. The van der Waals surface area contributed by atoms with Crippen molar-refractivity contribution in [1.29, 1.82) is 0 Å². The first-order valence-electron chi connectivity index (χ1n) is 7.13. The van der Waals surface area contributed by atoms with Crippen molar-refractivity contribution in [3.05, 3.63) is 58.7 Å². The summed E-state index contributed by atoms with van der Waals surface area (Å²) in [6, 6.07) is 11.0. The summed E-state index contributed by atoms with van der Waals surface area (Å²) < 4.78 is 0. The fourth-order valence-corrected chi connectivity index (χ4v) is 2.60. The van der Waals surface area contributed by atoms with E-state index >= 15 is 0 Å². The molecule has 0 radical (unpaired) electrons. The quantitative estimate of drug-likeness (QED) is 0.925. The van der Waals surface area contributed by atoms with Crippen LogP contribution in [0.1, 0.15) is 34.0 Å². The van der Waals surface area contributed by atoms with Gasteiger partial charge in [-0.1, -0.05) is 24.3 Å². The lowest BCUT2D eigenvalue weighted by Gasteiger charge is -2.24. The zero-order valence-electron chi connectivity index (χ0n) is 13.0. The predicted octanol–water partition coefficient (Wildman–Crippen LogP) is 3.98. The Morgan fingerprint density at radius 2 is 1.67 bits per heavy atom. The zero-order chi connectivity index (χ0) is 15.6. The highest BCUT2D eigenvalue weighted by molar-refractivity contribution is 6.08. The van der Waals surface area contributed by atoms with E-state index in [-0.39, 0.29) is 11.7 Å². The van der Waals surface area contributed by atoms with Crippen LogP contribution in [0.25, 0.3) is 0 Å². The highest BCUT2D eigenvalue weighted by atomic mass is 16.3. The van der Waals surface area contributed by atoms with Gasteiger partial charge in [-0.2, -0.15) is 0 Å². The molecule has 2 aromatic carbocycles. The Bertz CT molecular complexity index is 657. The molecule has 0 fully saturated rings. The summed E-state index contributed by atoms with van der Waals surface area (Å²) >= 11 is 0. The van der Waals surface area contributed by atoms with E-state index in [9.17, 15) is 9.90 Å². The van der Waals surface area contributed by atoms with Gasteiger partial charge < -0.3 is 10.0 Å². The Kier molecular flexibility index (Phi) is 4.32. The molecule has 0 spiro atoms. The first-order valence-corrected chi connectivity index (χ1v) is 7.13. The number of phenols is 1. The van der Waals surface area contributed by atoms with Crippen LogP contribution in [0.4, 0.5) is 5.69 Å². The van der Waals surface area contributed by atoms with Gasteiger partial charge in [0, 0.05) is 18.2 Å². The molecule has 0 heterocycles. The van der Waals surface area contributed by atoms with Gasteiger partial charge in [0.1, 0.15) is 5.75 Å². The zero-order valence-corrected chi connectivity index (χ0v) is 13.0. The molecule has 0 saturated heterocycles. The standard InChI is InChI=1S/C18H21NO2/c1-5-19(16-11-15(20)10-9-12(16)2)18(21)17-13(3)7-6-8-14(17)4/h6-11,20H,5H2,1-4H3. The van der Waals surface area contributed by atoms with Crippen LogP contribution in [0.5, 0.6) is 5.75 Å². The summed E-state index contributed by atoms with van der Waals surface area (Å²) in [6.07, 6.45) is 0. The monoisotopic (exact) mass is 283 g/mol. The molecule has 1 amide bonds. The minimum Gasteiger partial charge on any atom is -0.508 e. The van der Waals surface area contributed by atoms with E-state index in [0.717, 1.165) is 27.9 Å². The van der Waals surface area contributed by atoms with Crippen LogP contribution in [-0.2, 0) is 0 Å². The van der Waals surface area contributed by atoms with Gasteiger partial charge in [0.2, 0.25) is 0 Å². The molecular weight excluding hydrogens is 262 g/mol. The molecular formula is C18H21NO2. The van der Waals surface area contributed by atoms with E-state index in [4.69, 9.17) is 0 Å². The number of hydrogen-bond donors (Lipinski definition) is 1. The predicted molar refractivity (Wildman–Crippen MR) is 86.1 cm³/mol. The number of rotatable bonds is 3. The lowest BCUT2D eigenvalue weighted by atomic mass is 10.0. The van der Waals surface area contributed by atoms with Crippen molar-refractivity contribution < 1.29 is 9.90 Å². The average molecular weight is 283 g/mol. The largest absolute Gasteiger partial charge is 0.508 e. The molecule has 2 aromatic rings. The molecule has 0 aromatic heterocycles. The maximum atomic E-state index is 12.9. The number of aromatic hydroxyl groups is 1. The number of anilines is 1. The summed E-state index contributed by atoms with van der Waals surface area (Å²) in [5.74, 6) is 0.144. The van der Waals surface area contributed by atoms with E-state index < -0.39 is 0 Å². The van der Waals surface area contributed by atoms with E-state index in [0.29, 0.717) is 6.54 Å². The molecule has 3 heteroatoms. The third kappa shape index (κ3) is 2.92. The number of carbonyl (C=O) groups excluding carboxylic acids is 1. The third-order valence-corrected chi connectivity index (χ3v) is 3.74. The van der Waals surface area contributed by atoms with E-state index in [1.165, 1.54) is 0 Å². The van der Waals surface area contributed by atoms with Crippen molar-refractivity contribution in [3.63, 3.8) is 0 Å². The van der Waals surface area contributed by atoms with Crippen LogP contribution in [0.3, 0.4) is 0 Å². The lowest BCUT2D eigenvalue weighted by Crippen LogP contribution is -2.32. The van der Waals surface area contributed by atoms with E-state index in [2.05, 4.69) is 0 Å². The van der Waals surface area contributed by atoms with Crippen molar-refractivity contribution in [2.45, 2.75) is 27.7 Å². The molecule has 21 heavy (non-hydrogen) atoms. The van der Waals surface area contributed by atoms with Crippen LogP contribution >= 0.6 is 0 Å². The highest BCUT2D eigenvalue weighted by Crippen LogP contribution is 2.27. The van der Waals surface area contributed by atoms with Gasteiger partial charge in [0.05, 0.1) is 5.69 Å². The smallest absolute Gasteiger partial charge is 0.258 e. The van der Waals surface area contributed by atoms with Gasteiger partial charge in [0.15, 0.2) is 0 Å².